The number of likely N-dealkylation sites (N-methyl/N-ethyl adjacent to an activating group) is 1. The number of nitrogens with one attached hydrogen (secondary N) is 1. The van der Waals surface area contributed by atoms with Crippen molar-refractivity contribution in [2.45, 2.75) is 6.54 Å². The summed E-state index contributed by atoms with van der Waals surface area (Å²) >= 11 is 1.59. The van der Waals surface area contributed by atoms with Gasteiger partial charge in [-0.2, -0.15) is 0 Å². The maximum Gasteiger partial charge on any atom is 0.322 e. The van der Waals surface area contributed by atoms with Gasteiger partial charge in [0, 0.05) is 0 Å². The molecule has 1 heterocycles. The number of aliphatic carboxylic acids is 1. The van der Waals surface area contributed by atoms with Gasteiger partial charge in [0.25, 0.3) is 0 Å². The van der Waals surface area contributed by atoms with Crippen molar-refractivity contribution in [3.63, 3.8) is 0 Å². The monoisotopic (exact) mass is 293 g/mol. The minimum absolute atomic E-state index is 0.142. The van der Waals surface area contributed by atoms with Crippen molar-refractivity contribution in [3.8, 4) is 0 Å². The van der Waals surface area contributed by atoms with Gasteiger partial charge in [-0.25, -0.2) is 4.98 Å². The van der Waals surface area contributed by atoms with Crippen LogP contribution in [0.25, 0.3) is 10.2 Å². The minimum Gasteiger partial charge on any atom is -0.480 e. The van der Waals surface area contributed by atoms with E-state index in [2.05, 4.69) is 10.3 Å². The van der Waals surface area contributed by atoms with Gasteiger partial charge in [0.05, 0.1) is 23.3 Å². The van der Waals surface area contributed by atoms with Gasteiger partial charge in [-0.3, -0.25) is 14.5 Å². The van der Waals surface area contributed by atoms with E-state index < -0.39 is 5.97 Å². The van der Waals surface area contributed by atoms with E-state index in [-0.39, 0.29) is 19.0 Å². The molecule has 0 unspecified atom stereocenters. The van der Waals surface area contributed by atoms with E-state index in [9.17, 15) is 9.59 Å². The Kier molecular flexibility index (Phi) is 4.65. The molecule has 0 radical (unpaired) electrons. The van der Waals surface area contributed by atoms with Gasteiger partial charge >= 0.3 is 5.97 Å². The number of fused-ring (bicyclic) bond motifs is 1. The van der Waals surface area contributed by atoms with Crippen LogP contribution in [-0.2, 0) is 16.1 Å². The lowest BCUT2D eigenvalue weighted by Crippen LogP contribution is -2.37. The van der Waals surface area contributed by atoms with Gasteiger partial charge in [-0.05, 0) is 19.2 Å². The number of nitrogens with zero attached hydrogens (tertiary/aromatic N) is 2. The van der Waals surface area contributed by atoms with Crippen LogP contribution >= 0.6 is 11.3 Å². The Morgan fingerprint density at radius 2 is 2.15 bits per heavy atom. The van der Waals surface area contributed by atoms with Crippen LogP contribution in [0.15, 0.2) is 24.3 Å². The van der Waals surface area contributed by atoms with Crippen molar-refractivity contribution in [1.82, 2.24) is 15.2 Å². The number of benzene rings is 1. The van der Waals surface area contributed by atoms with Gasteiger partial charge < -0.3 is 10.4 Å². The first-order valence-corrected chi connectivity index (χ1v) is 6.88. The molecule has 2 rings (SSSR count). The predicted molar refractivity (Wildman–Crippen MR) is 76.6 cm³/mol. The van der Waals surface area contributed by atoms with Crippen LogP contribution in [0.5, 0.6) is 0 Å². The molecule has 0 saturated carbocycles. The number of carboxylic acids is 1. The summed E-state index contributed by atoms with van der Waals surface area (Å²) in [5.41, 5.74) is 0.955. The number of aromatic nitrogens is 1. The fraction of sp³-hybridized carbons (Fsp3) is 0.308. The Morgan fingerprint density at radius 3 is 2.85 bits per heavy atom. The molecule has 2 N–H and O–H groups in total. The lowest BCUT2D eigenvalue weighted by molar-refractivity contribution is -0.138. The zero-order chi connectivity index (χ0) is 14.5. The summed E-state index contributed by atoms with van der Waals surface area (Å²) in [7, 11) is 1.80. The van der Waals surface area contributed by atoms with Crippen molar-refractivity contribution in [2.75, 3.05) is 20.1 Å². The summed E-state index contributed by atoms with van der Waals surface area (Å²) < 4.78 is 1.12. The number of carbonyl (C=O) groups is 2. The molecule has 0 aliphatic carbocycles. The zero-order valence-electron chi connectivity index (χ0n) is 11.0. The van der Waals surface area contributed by atoms with Gasteiger partial charge in [-0.1, -0.05) is 12.1 Å². The highest BCUT2D eigenvalue weighted by Crippen LogP contribution is 2.22. The molecule has 7 heteroatoms. The van der Waals surface area contributed by atoms with E-state index >= 15 is 0 Å². The average Bonchev–Trinajstić information content (AvgIpc) is 2.78. The number of amides is 1. The van der Waals surface area contributed by atoms with Crippen LogP contribution in [-0.4, -0.2) is 47.0 Å². The molecule has 1 aromatic carbocycles. The number of thiazole rings is 1. The molecule has 0 saturated heterocycles. The Bertz CT molecular complexity index is 593. The van der Waals surface area contributed by atoms with Crippen LogP contribution in [0.1, 0.15) is 5.01 Å². The van der Waals surface area contributed by atoms with E-state index in [0.29, 0.717) is 6.54 Å². The molecule has 0 aliphatic heterocycles. The summed E-state index contributed by atoms with van der Waals surface area (Å²) in [6.07, 6.45) is 0. The summed E-state index contributed by atoms with van der Waals surface area (Å²) in [5, 5.41) is 11.7. The summed E-state index contributed by atoms with van der Waals surface area (Å²) in [5.74, 6) is -1.36. The zero-order valence-corrected chi connectivity index (χ0v) is 11.8. The maximum absolute atomic E-state index is 11.5. The Labute approximate surface area is 120 Å². The molecule has 6 nitrogen and oxygen atoms in total. The van der Waals surface area contributed by atoms with E-state index in [0.717, 1.165) is 15.2 Å². The average molecular weight is 293 g/mol. The second-order valence-electron chi connectivity index (χ2n) is 4.42. The lowest BCUT2D eigenvalue weighted by Gasteiger charge is -2.13. The first-order chi connectivity index (χ1) is 9.54. The van der Waals surface area contributed by atoms with Crippen molar-refractivity contribution in [2.24, 2.45) is 0 Å². The number of hydrogen-bond acceptors (Lipinski definition) is 5. The molecule has 0 atom stereocenters. The Balaban J connectivity index is 1.89. The molecular formula is C13H15N3O3S. The number of rotatable bonds is 6. The summed E-state index contributed by atoms with van der Waals surface area (Å²) in [6, 6.07) is 7.87. The second-order valence-corrected chi connectivity index (χ2v) is 5.53. The van der Waals surface area contributed by atoms with Gasteiger partial charge in [0.1, 0.15) is 11.6 Å². The molecular weight excluding hydrogens is 278 g/mol. The number of carboxylic acid groups (broad SMARTS) is 1. The third kappa shape index (κ3) is 4.01. The molecule has 2 aromatic rings. The van der Waals surface area contributed by atoms with Crippen LogP contribution in [0.3, 0.4) is 0 Å². The smallest absolute Gasteiger partial charge is 0.322 e. The SMILES string of the molecule is CN(CC(=O)NCC(=O)O)Cc1nc2ccccc2s1. The molecule has 20 heavy (non-hydrogen) atoms. The number of hydrogen-bond donors (Lipinski definition) is 2. The van der Waals surface area contributed by atoms with Crippen LogP contribution in [0.2, 0.25) is 0 Å². The highest BCUT2D eigenvalue weighted by Gasteiger charge is 2.10. The molecule has 0 spiro atoms. The van der Waals surface area contributed by atoms with Crippen LogP contribution < -0.4 is 5.32 Å². The topological polar surface area (TPSA) is 82.5 Å². The van der Waals surface area contributed by atoms with E-state index in [1.165, 1.54) is 0 Å². The fourth-order valence-corrected chi connectivity index (χ4v) is 2.80. The largest absolute Gasteiger partial charge is 0.480 e. The highest BCUT2D eigenvalue weighted by atomic mass is 32.1. The minimum atomic E-state index is -1.05. The fourth-order valence-electron chi connectivity index (χ4n) is 1.75. The van der Waals surface area contributed by atoms with Crippen LogP contribution in [0.4, 0.5) is 0 Å². The predicted octanol–water partition coefficient (Wildman–Crippen LogP) is 0.929. The third-order valence-corrected chi connectivity index (χ3v) is 3.61. The summed E-state index contributed by atoms with van der Waals surface area (Å²) in [4.78, 5) is 28.1. The number of para-hydroxylation sites is 1. The van der Waals surface area contributed by atoms with Crippen molar-refractivity contribution >= 4 is 33.4 Å². The highest BCUT2D eigenvalue weighted by molar-refractivity contribution is 7.18. The maximum atomic E-state index is 11.5. The van der Waals surface area contributed by atoms with E-state index in [1.807, 2.05) is 24.3 Å². The second kappa shape index (κ2) is 6.44. The van der Waals surface area contributed by atoms with Crippen molar-refractivity contribution < 1.29 is 14.7 Å². The Morgan fingerprint density at radius 1 is 1.40 bits per heavy atom. The lowest BCUT2D eigenvalue weighted by atomic mass is 10.3. The molecule has 1 aromatic heterocycles. The molecule has 1 amide bonds. The van der Waals surface area contributed by atoms with E-state index in [1.54, 1.807) is 23.3 Å². The molecule has 0 fully saturated rings. The first-order valence-electron chi connectivity index (χ1n) is 6.06. The summed E-state index contributed by atoms with van der Waals surface area (Å²) in [6.45, 7) is 0.344. The molecule has 106 valence electrons. The quantitative estimate of drug-likeness (QED) is 0.828. The molecule has 0 bridgehead atoms. The van der Waals surface area contributed by atoms with Gasteiger partial charge in [0.2, 0.25) is 5.91 Å². The third-order valence-electron chi connectivity index (χ3n) is 2.59. The van der Waals surface area contributed by atoms with E-state index in [4.69, 9.17) is 5.11 Å². The standard InChI is InChI=1S/C13H15N3O3S/c1-16(7-11(17)14-6-13(18)19)8-12-15-9-4-2-3-5-10(9)20-12/h2-5H,6-8H2,1H3,(H,14,17)(H,18,19). The van der Waals surface area contributed by atoms with Crippen LogP contribution in [0, 0.1) is 0 Å². The van der Waals surface area contributed by atoms with Gasteiger partial charge in [-0.15, -0.1) is 11.3 Å². The van der Waals surface area contributed by atoms with Gasteiger partial charge in [0.15, 0.2) is 0 Å². The normalized spacial score (nSPS) is 10.9. The molecule has 0 aliphatic rings. The Hall–Kier alpha value is -1.99. The number of carbonyl (C=O) groups excluding carboxylic acids is 1. The van der Waals surface area contributed by atoms with Crippen molar-refractivity contribution in [3.05, 3.63) is 29.3 Å². The first kappa shape index (κ1) is 14.4. The van der Waals surface area contributed by atoms with Crippen molar-refractivity contribution in [1.29, 1.82) is 0 Å².